The molecule has 0 spiro atoms. The molecule has 0 fully saturated rings. The number of ether oxygens (including phenoxy) is 2. The molecule has 0 aromatic rings. The Morgan fingerprint density at radius 2 is 1.21 bits per heavy atom. The van der Waals surface area contributed by atoms with Crippen LogP contribution < -0.4 is 5.32 Å². The molecule has 2 N–H and O–H groups in total. The second kappa shape index (κ2) is 24.4. The smallest absolute Gasteiger partial charge is 0.466 e. The number of hydrogen-bond acceptors (Lipinski definition) is 7. The minimum absolute atomic E-state index is 0.0463. The van der Waals surface area contributed by atoms with Crippen LogP contribution in [0.3, 0.4) is 0 Å². The molecule has 246 valence electrons. The number of esters is 1. The van der Waals surface area contributed by atoms with Gasteiger partial charge in [-0.15, -0.1) is 0 Å². The van der Waals surface area contributed by atoms with Gasteiger partial charge in [0.05, 0.1) is 26.4 Å². The van der Waals surface area contributed by atoms with E-state index in [-0.39, 0.29) is 44.2 Å². The molecule has 42 heavy (non-hydrogen) atoms. The summed E-state index contributed by atoms with van der Waals surface area (Å²) in [5.74, 6) is -0.822. The van der Waals surface area contributed by atoms with Crippen molar-refractivity contribution in [3.63, 3.8) is 0 Å². The first kappa shape index (κ1) is 41.1. The number of unbranched alkanes of at least 4 members (excludes halogenated alkanes) is 14. The Labute approximate surface area is 258 Å². The van der Waals surface area contributed by atoms with Crippen molar-refractivity contribution in [3.8, 4) is 0 Å². The zero-order chi connectivity index (χ0) is 31.7. The Morgan fingerprint density at radius 1 is 0.738 bits per heavy atom. The van der Waals surface area contributed by atoms with Crippen LogP contribution in [-0.2, 0) is 32.7 Å². The molecule has 9 nitrogen and oxygen atoms in total. The Balaban J connectivity index is 3.64. The van der Waals surface area contributed by atoms with E-state index >= 15 is 0 Å². The fraction of sp³-hybridized carbons (Fsp3) is 0.935. The van der Waals surface area contributed by atoms with Gasteiger partial charge in [-0.05, 0) is 18.8 Å². The van der Waals surface area contributed by atoms with Crippen molar-refractivity contribution in [3.05, 3.63) is 0 Å². The largest absolute Gasteiger partial charge is 0.472 e. The third-order valence-corrected chi connectivity index (χ3v) is 7.71. The fourth-order valence-corrected chi connectivity index (χ4v) is 4.86. The van der Waals surface area contributed by atoms with Crippen LogP contribution in [-0.4, -0.2) is 63.1 Å². The summed E-state index contributed by atoms with van der Waals surface area (Å²) in [5, 5.41) is 2.51. The van der Waals surface area contributed by atoms with Gasteiger partial charge in [-0.2, -0.15) is 0 Å². The predicted octanol–water partition coefficient (Wildman–Crippen LogP) is 7.38. The van der Waals surface area contributed by atoms with E-state index in [4.69, 9.17) is 26.4 Å². The number of phosphoric ester groups is 1. The first-order chi connectivity index (χ1) is 19.8. The lowest BCUT2D eigenvalue weighted by Crippen LogP contribution is -2.49. The molecule has 0 bridgehead atoms. The summed E-state index contributed by atoms with van der Waals surface area (Å²) in [6.45, 7) is 9.58. The van der Waals surface area contributed by atoms with Gasteiger partial charge in [0.2, 0.25) is 5.91 Å². The van der Waals surface area contributed by atoms with E-state index in [0.717, 1.165) is 19.3 Å². The molecule has 0 heterocycles. The maximum absolute atomic E-state index is 12.2. The number of amides is 1. The first-order valence-corrected chi connectivity index (χ1v) is 17.8. The third-order valence-electron chi connectivity index (χ3n) is 6.69. The molecule has 1 amide bonds. The van der Waals surface area contributed by atoms with Crippen LogP contribution in [0.5, 0.6) is 0 Å². The zero-order valence-electron chi connectivity index (χ0n) is 27.4. The normalized spacial score (nSPS) is 14.7. The predicted molar refractivity (Wildman–Crippen MR) is 169 cm³/mol. The van der Waals surface area contributed by atoms with Gasteiger partial charge < -0.3 is 19.7 Å². The molecule has 0 aliphatic rings. The highest BCUT2D eigenvalue weighted by Gasteiger charge is 2.29. The molecule has 0 aliphatic carbocycles. The van der Waals surface area contributed by atoms with Crippen LogP contribution in [0.1, 0.15) is 144 Å². The van der Waals surface area contributed by atoms with Crippen LogP contribution in [0.2, 0.25) is 0 Å². The molecule has 0 aromatic carbocycles. The molecular weight excluding hydrogens is 556 g/mol. The summed E-state index contributed by atoms with van der Waals surface area (Å²) >= 11 is 0. The van der Waals surface area contributed by atoms with Crippen molar-refractivity contribution >= 4 is 27.5 Å². The van der Waals surface area contributed by atoms with Crippen LogP contribution in [0.25, 0.3) is 0 Å². The number of rotatable bonds is 28. The number of nitrogens with one attached hydrogen (secondary N) is 1. The lowest BCUT2D eigenvalue weighted by Gasteiger charge is -2.29. The summed E-state index contributed by atoms with van der Waals surface area (Å²) in [7, 11) is 1.60. The van der Waals surface area contributed by atoms with E-state index in [1.165, 1.54) is 84.0 Å². The summed E-state index contributed by atoms with van der Waals surface area (Å²) in [4.78, 5) is 33.8. The molecule has 0 aromatic heterocycles. The summed E-state index contributed by atoms with van der Waals surface area (Å²) in [6.07, 6.45) is 19.8. The number of carbonyl (C=O) groups is 2. The van der Waals surface area contributed by atoms with Gasteiger partial charge >= 0.3 is 13.8 Å². The van der Waals surface area contributed by atoms with Gasteiger partial charge in [-0.1, -0.05) is 118 Å². The van der Waals surface area contributed by atoms with Gasteiger partial charge in [0.1, 0.15) is 13.3 Å². The molecule has 0 aliphatic heterocycles. The highest BCUT2D eigenvalue weighted by atomic mass is 31.2. The van der Waals surface area contributed by atoms with Crippen molar-refractivity contribution in [1.82, 2.24) is 5.32 Å². The second-order valence-corrected chi connectivity index (χ2v) is 14.1. The Kier molecular flexibility index (Phi) is 23.9. The summed E-state index contributed by atoms with van der Waals surface area (Å²) in [6, 6.07) is 0. The first-order valence-electron chi connectivity index (χ1n) is 16.3. The van der Waals surface area contributed by atoms with Gasteiger partial charge in [-0.25, -0.2) is 4.57 Å². The maximum Gasteiger partial charge on any atom is 0.472 e. The van der Waals surface area contributed by atoms with E-state index in [1.54, 1.807) is 0 Å². The van der Waals surface area contributed by atoms with Gasteiger partial charge in [0, 0.05) is 19.4 Å². The van der Waals surface area contributed by atoms with Crippen LogP contribution >= 0.6 is 7.82 Å². The standard InChI is InChI=1S/C31H61BNO8P/c1-6-7-8-9-10-11-12-13-14-15-16-17-18-19-20-22-28(34)38-24-21-25-40-42(36,37)41-26-23-33-29(35)31(5,32)39-27-30(2,3)4/h6-27H2,1-5H3,(H,33,35)(H,36,37). The van der Waals surface area contributed by atoms with Crippen LogP contribution in [0.4, 0.5) is 0 Å². The second-order valence-electron chi connectivity index (χ2n) is 12.6. The minimum atomic E-state index is -4.29. The fourth-order valence-electron chi connectivity index (χ4n) is 4.11. The highest BCUT2D eigenvalue weighted by Crippen LogP contribution is 2.42. The van der Waals surface area contributed by atoms with E-state index in [2.05, 4.69) is 12.2 Å². The van der Waals surface area contributed by atoms with Crippen molar-refractivity contribution in [2.45, 2.75) is 149 Å². The van der Waals surface area contributed by atoms with Crippen molar-refractivity contribution in [1.29, 1.82) is 0 Å². The Morgan fingerprint density at radius 3 is 1.71 bits per heavy atom. The molecule has 11 heteroatoms. The topological polar surface area (TPSA) is 120 Å². The average Bonchev–Trinajstić information content (AvgIpc) is 2.91. The van der Waals surface area contributed by atoms with E-state index in [0.29, 0.717) is 13.0 Å². The quantitative estimate of drug-likeness (QED) is 0.0404. The molecular formula is C31H61BNO8P. The van der Waals surface area contributed by atoms with Crippen molar-refractivity contribution in [2.75, 3.05) is 33.0 Å². The van der Waals surface area contributed by atoms with Crippen LogP contribution in [0.15, 0.2) is 0 Å². The summed E-state index contributed by atoms with van der Waals surface area (Å²) < 4.78 is 32.4. The number of carbonyl (C=O) groups excluding carboxylic acids is 2. The van der Waals surface area contributed by atoms with Crippen molar-refractivity contribution in [2.24, 2.45) is 5.41 Å². The molecule has 2 radical (unpaired) electrons. The van der Waals surface area contributed by atoms with Crippen molar-refractivity contribution < 1.29 is 37.6 Å². The Hall–Kier alpha value is -0.925. The SMILES string of the molecule is [B]C(C)(OCC(C)(C)C)C(=O)NCCOP(=O)(O)OCCCOC(=O)CCCCCCCCCCCCCCCCC. The van der Waals surface area contributed by atoms with Gasteiger partial charge in [-0.3, -0.25) is 18.6 Å². The maximum atomic E-state index is 12.2. The molecule has 2 unspecified atom stereocenters. The zero-order valence-corrected chi connectivity index (χ0v) is 28.3. The van der Waals surface area contributed by atoms with Gasteiger partial charge in [0.15, 0.2) is 0 Å². The average molecular weight is 618 g/mol. The minimum Gasteiger partial charge on any atom is -0.466 e. The van der Waals surface area contributed by atoms with E-state index in [9.17, 15) is 19.0 Å². The lowest BCUT2D eigenvalue weighted by atomic mass is 9.82. The molecule has 0 saturated heterocycles. The van der Waals surface area contributed by atoms with E-state index < -0.39 is 19.2 Å². The van der Waals surface area contributed by atoms with E-state index in [1.807, 2.05) is 20.8 Å². The molecule has 0 rings (SSSR count). The number of phosphoric acid groups is 1. The number of hydrogen-bond donors (Lipinski definition) is 2. The monoisotopic (exact) mass is 617 g/mol. The highest BCUT2D eigenvalue weighted by molar-refractivity contribution is 7.47. The lowest BCUT2D eigenvalue weighted by molar-refractivity contribution is -0.144. The molecule has 2 atom stereocenters. The molecule has 0 saturated carbocycles. The summed E-state index contributed by atoms with van der Waals surface area (Å²) in [5.41, 5.74) is -1.69. The Bertz CT molecular complexity index is 745. The van der Waals surface area contributed by atoms with Gasteiger partial charge in [0.25, 0.3) is 0 Å². The van der Waals surface area contributed by atoms with Crippen LogP contribution in [0, 0.1) is 5.41 Å². The third kappa shape index (κ3) is 26.7.